The minimum Gasteiger partial charge on any atom is -0.372 e. The number of H-pyrrole nitrogens is 1. The summed E-state index contributed by atoms with van der Waals surface area (Å²) in [7, 11) is 2.67. The molecule has 0 amide bonds. The molecule has 0 unspecified atom stereocenters. The van der Waals surface area contributed by atoms with Crippen molar-refractivity contribution in [1.29, 1.82) is 5.26 Å². The molecule has 0 fully saturated rings. The number of hydrogen-bond acceptors (Lipinski definition) is 12. The number of alkyl halides is 6. The summed E-state index contributed by atoms with van der Waals surface area (Å²) in [6.45, 7) is 0. The van der Waals surface area contributed by atoms with Gasteiger partial charge in [-0.1, -0.05) is 23.2 Å². The Kier molecular flexibility index (Phi) is 10.5. The van der Waals surface area contributed by atoms with Crippen LogP contribution in [-0.4, -0.2) is 54.7 Å². The van der Waals surface area contributed by atoms with Crippen molar-refractivity contribution < 1.29 is 26.3 Å². The summed E-state index contributed by atoms with van der Waals surface area (Å²) in [5, 5.41) is 33.0. The molecule has 0 aliphatic rings. The lowest BCUT2D eigenvalue weighted by Crippen LogP contribution is -2.12. The highest BCUT2D eigenvalue weighted by Crippen LogP contribution is 2.36. The number of nitrogens with one attached hydrogen (secondary N) is 5. The van der Waals surface area contributed by atoms with E-state index >= 15 is 0 Å². The highest BCUT2D eigenvalue weighted by atomic mass is 35.5. The molecule has 13 nitrogen and oxygen atoms in total. The first-order chi connectivity index (χ1) is 22.2. The first-order valence-electron chi connectivity index (χ1n) is 12.7. The smallest absolute Gasteiger partial charge is 0.372 e. The molecule has 5 aromatic rings. The molecule has 0 aliphatic carbocycles. The van der Waals surface area contributed by atoms with E-state index in [2.05, 4.69) is 61.8 Å². The lowest BCUT2D eigenvalue weighted by Gasteiger charge is -2.13. The molecule has 0 spiro atoms. The second-order valence-electron chi connectivity index (χ2n) is 8.89. The number of halogens is 8. The minimum absolute atomic E-state index is 0.0356. The van der Waals surface area contributed by atoms with Crippen LogP contribution >= 0.6 is 23.2 Å². The molecule has 21 heteroatoms. The quantitative estimate of drug-likeness (QED) is 0.111. The molecule has 0 atom stereocenters. The SMILES string of the molecule is CNc1nc(Nc2ccc(-c3nn[nH]n3)cc2Cl)ncc1C(F)(F)F.CNc1nc(Nc2ccc(C#N)cc2Cl)ncc1C(F)(F)F. The van der Waals surface area contributed by atoms with E-state index in [-0.39, 0.29) is 33.6 Å². The molecule has 3 heterocycles. The van der Waals surface area contributed by atoms with Gasteiger partial charge in [0, 0.05) is 32.1 Å². The van der Waals surface area contributed by atoms with Crippen LogP contribution in [0.3, 0.4) is 0 Å². The predicted octanol–water partition coefficient (Wildman–Crippen LogP) is 6.92. The number of nitrogens with zero attached hydrogens (tertiary/aromatic N) is 8. The maximum Gasteiger partial charge on any atom is 0.421 e. The summed E-state index contributed by atoms with van der Waals surface area (Å²) >= 11 is 12.1. The molecule has 0 radical (unpaired) electrons. The molecule has 5 N–H and O–H groups in total. The van der Waals surface area contributed by atoms with E-state index in [1.807, 2.05) is 6.07 Å². The van der Waals surface area contributed by atoms with Crippen molar-refractivity contribution in [3.63, 3.8) is 0 Å². The highest BCUT2D eigenvalue weighted by Gasteiger charge is 2.36. The van der Waals surface area contributed by atoms with Crippen LogP contribution in [0.25, 0.3) is 11.4 Å². The third-order valence-corrected chi connectivity index (χ3v) is 6.45. The average Bonchev–Trinajstić information content (AvgIpc) is 3.57. The fraction of sp³-hybridized carbons (Fsp3) is 0.154. The van der Waals surface area contributed by atoms with Crippen molar-refractivity contribution in [3.8, 4) is 17.5 Å². The summed E-state index contributed by atoms with van der Waals surface area (Å²) in [5.74, 6) is -0.425. The van der Waals surface area contributed by atoms with E-state index in [4.69, 9.17) is 28.5 Å². The predicted molar refractivity (Wildman–Crippen MR) is 161 cm³/mol. The molecule has 2 aromatic carbocycles. The Morgan fingerprint density at radius 1 is 0.766 bits per heavy atom. The normalized spacial score (nSPS) is 11.2. The zero-order chi connectivity index (χ0) is 34.4. The zero-order valence-electron chi connectivity index (χ0n) is 23.7. The zero-order valence-corrected chi connectivity index (χ0v) is 25.2. The van der Waals surface area contributed by atoms with Gasteiger partial charge in [-0.25, -0.2) is 9.97 Å². The van der Waals surface area contributed by atoms with Crippen LogP contribution < -0.4 is 21.3 Å². The summed E-state index contributed by atoms with van der Waals surface area (Å²) < 4.78 is 76.8. The van der Waals surface area contributed by atoms with Crippen LogP contribution in [0.15, 0.2) is 48.8 Å². The summed E-state index contributed by atoms with van der Waals surface area (Å²) in [5.41, 5.74) is -0.155. The number of hydrogen-bond donors (Lipinski definition) is 5. The molecule has 0 aliphatic heterocycles. The van der Waals surface area contributed by atoms with E-state index in [1.165, 1.54) is 32.3 Å². The van der Waals surface area contributed by atoms with Crippen LogP contribution in [0.4, 0.5) is 61.2 Å². The standard InChI is InChI=1S/C13H10ClF3N8.C13H9ClF3N5/c1-18-11-7(13(15,16)17)5-19-12(21-11)20-9-3-2-6(4-8(9)14)10-22-24-25-23-10;1-19-11-8(13(15,16)17)6-20-12(22-11)21-10-3-2-7(5-18)4-9(10)14/h2-5H,1H3,(H2,18,19,20,21)(H,22,23,24,25);2-4,6H,1H3,(H2,19,20,21,22). The van der Waals surface area contributed by atoms with Crippen LogP contribution in [0.2, 0.25) is 10.0 Å². The van der Waals surface area contributed by atoms with Gasteiger partial charge in [-0.2, -0.15) is 46.8 Å². The number of nitriles is 1. The van der Waals surface area contributed by atoms with Crippen molar-refractivity contribution in [1.82, 2.24) is 40.6 Å². The van der Waals surface area contributed by atoms with Gasteiger partial charge in [-0.15, -0.1) is 10.2 Å². The van der Waals surface area contributed by atoms with Crippen LogP contribution in [0.1, 0.15) is 16.7 Å². The Labute approximate surface area is 270 Å². The van der Waals surface area contributed by atoms with Gasteiger partial charge >= 0.3 is 12.4 Å². The molecule has 47 heavy (non-hydrogen) atoms. The summed E-state index contributed by atoms with van der Waals surface area (Å²) in [6.07, 6.45) is -7.73. The van der Waals surface area contributed by atoms with Crippen molar-refractivity contribution in [2.24, 2.45) is 0 Å². The van der Waals surface area contributed by atoms with Crippen LogP contribution in [0, 0.1) is 11.3 Å². The highest BCUT2D eigenvalue weighted by molar-refractivity contribution is 6.33. The number of aromatic nitrogens is 8. The van der Waals surface area contributed by atoms with E-state index in [1.54, 1.807) is 18.2 Å². The lowest BCUT2D eigenvalue weighted by molar-refractivity contribution is -0.138. The van der Waals surface area contributed by atoms with Crippen molar-refractivity contribution in [2.75, 3.05) is 35.4 Å². The Morgan fingerprint density at radius 3 is 1.68 bits per heavy atom. The molecular weight excluding hydrogens is 679 g/mol. The van der Waals surface area contributed by atoms with Gasteiger partial charge in [0.1, 0.15) is 22.8 Å². The summed E-state index contributed by atoms with van der Waals surface area (Å²) in [4.78, 5) is 14.9. The van der Waals surface area contributed by atoms with Gasteiger partial charge in [0.2, 0.25) is 17.7 Å². The third-order valence-electron chi connectivity index (χ3n) is 5.83. The van der Waals surface area contributed by atoms with Crippen molar-refractivity contribution in [3.05, 3.63) is 75.5 Å². The Balaban J connectivity index is 0.000000215. The summed E-state index contributed by atoms with van der Waals surface area (Å²) in [6, 6.07) is 11.2. The van der Waals surface area contributed by atoms with Gasteiger partial charge < -0.3 is 21.3 Å². The Hall–Kier alpha value is -5.48. The van der Waals surface area contributed by atoms with E-state index in [9.17, 15) is 26.3 Å². The fourth-order valence-electron chi connectivity index (χ4n) is 3.65. The topological polar surface area (TPSA) is 178 Å². The fourth-order valence-corrected chi connectivity index (χ4v) is 4.10. The van der Waals surface area contributed by atoms with E-state index < -0.39 is 23.5 Å². The molecule has 244 valence electrons. The lowest BCUT2D eigenvalue weighted by atomic mass is 10.2. The number of tetrazole rings is 1. The molecule has 0 saturated carbocycles. The average molecular weight is 698 g/mol. The van der Waals surface area contributed by atoms with Gasteiger partial charge in [0.15, 0.2) is 0 Å². The maximum atomic E-state index is 12.9. The molecular formula is C26H19Cl2F6N13. The van der Waals surface area contributed by atoms with E-state index in [0.717, 1.165) is 0 Å². The van der Waals surface area contributed by atoms with Gasteiger partial charge in [0.05, 0.1) is 33.1 Å². The van der Waals surface area contributed by atoms with Gasteiger partial charge in [0.25, 0.3) is 0 Å². The Bertz CT molecular complexity index is 1890. The van der Waals surface area contributed by atoms with Crippen molar-refractivity contribution in [2.45, 2.75) is 12.4 Å². The van der Waals surface area contributed by atoms with Crippen molar-refractivity contribution >= 4 is 58.1 Å². The maximum absolute atomic E-state index is 12.9. The third kappa shape index (κ3) is 8.62. The number of aromatic amines is 1. The van der Waals surface area contributed by atoms with Gasteiger partial charge in [-0.05, 0) is 41.6 Å². The monoisotopic (exact) mass is 697 g/mol. The molecule has 5 rings (SSSR count). The first-order valence-corrected chi connectivity index (χ1v) is 13.5. The second-order valence-corrected chi connectivity index (χ2v) is 9.71. The molecule has 0 bridgehead atoms. The Morgan fingerprint density at radius 2 is 1.28 bits per heavy atom. The van der Waals surface area contributed by atoms with Crippen LogP contribution in [-0.2, 0) is 12.4 Å². The molecule has 3 aromatic heterocycles. The number of anilines is 6. The van der Waals surface area contributed by atoms with Gasteiger partial charge in [-0.3, -0.25) is 0 Å². The van der Waals surface area contributed by atoms with E-state index in [0.29, 0.717) is 40.7 Å². The largest absolute Gasteiger partial charge is 0.421 e. The number of benzene rings is 2. The first kappa shape index (κ1) is 34.4. The second kappa shape index (κ2) is 14.3. The number of rotatable bonds is 7. The van der Waals surface area contributed by atoms with Crippen LogP contribution in [0.5, 0.6) is 0 Å². The molecule has 0 saturated heterocycles. The minimum atomic E-state index is -4.55.